The van der Waals surface area contributed by atoms with Crippen molar-refractivity contribution in [3.8, 4) is 0 Å². The SMILES string of the molecule is CCCCC1=C(CCCC)C(=O)C(O)(CCCC)C(CCCC)C1=O. The van der Waals surface area contributed by atoms with E-state index in [-0.39, 0.29) is 11.6 Å². The van der Waals surface area contributed by atoms with Gasteiger partial charge >= 0.3 is 0 Å². The Kier molecular flexibility index (Phi) is 9.63. The van der Waals surface area contributed by atoms with E-state index in [2.05, 4.69) is 27.7 Å². The first kappa shape index (κ1) is 22.1. The van der Waals surface area contributed by atoms with Crippen LogP contribution < -0.4 is 0 Å². The van der Waals surface area contributed by atoms with Gasteiger partial charge in [0.15, 0.2) is 11.6 Å². The predicted molar refractivity (Wildman–Crippen MR) is 104 cm³/mol. The van der Waals surface area contributed by atoms with E-state index in [1.54, 1.807) is 0 Å². The molecular weight excluding hydrogens is 312 g/mol. The number of carbonyl (C=O) groups is 2. The molecule has 3 nitrogen and oxygen atoms in total. The first-order valence-corrected chi connectivity index (χ1v) is 10.5. The van der Waals surface area contributed by atoms with Crippen molar-refractivity contribution in [3.05, 3.63) is 11.1 Å². The van der Waals surface area contributed by atoms with Crippen LogP contribution in [0.15, 0.2) is 11.1 Å². The molecule has 0 bridgehead atoms. The summed E-state index contributed by atoms with van der Waals surface area (Å²) < 4.78 is 0. The lowest BCUT2D eigenvalue weighted by atomic mass is 9.65. The molecule has 144 valence electrons. The monoisotopic (exact) mass is 350 g/mol. The minimum absolute atomic E-state index is 0.0613. The maximum Gasteiger partial charge on any atom is 0.191 e. The van der Waals surface area contributed by atoms with Crippen molar-refractivity contribution in [1.82, 2.24) is 0 Å². The molecule has 0 aromatic rings. The Morgan fingerprint density at radius 2 is 1.32 bits per heavy atom. The zero-order valence-electron chi connectivity index (χ0n) is 16.8. The highest BCUT2D eigenvalue weighted by atomic mass is 16.3. The van der Waals surface area contributed by atoms with Gasteiger partial charge in [0.1, 0.15) is 5.60 Å². The fourth-order valence-corrected chi connectivity index (χ4v) is 3.89. The van der Waals surface area contributed by atoms with Crippen LogP contribution in [-0.4, -0.2) is 22.3 Å². The molecule has 1 N–H and O–H groups in total. The highest BCUT2D eigenvalue weighted by Gasteiger charge is 2.51. The van der Waals surface area contributed by atoms with Crippen LogP contribution in [-0.2, 0) is 9.59 Å². The summed E-state index contributed by atoms with van der Waals surface area (Å²) in [4.78, 5) is 26.6. The van der Waals surface area contributed by atoms with Crippen LogP contribution >= 0.6 is 0 Å². The molecular formula is C22H38O3. The molecule has 0 saturated heterocycles. The number of unbranched alkanes of at least 4 members (excludes halogenated alkanes) is 4. The highest BCUT2D eigenvalue weighted by Crippen LogP contribution is 2.41. The Balaban J connectivity index is 3.30. The zero-order valence-corrected chi connectivity index (χ0v) is 16.8. The van der Waals surface area contributed by atoms with Crippen molar-refractivity contribution in [2.75, 3.05) is 0 Å². The summed E-state index contributed by atoms with van der Waals surface area (Å²) in [6, 6.07) is 0. The van der Waals surface area contributed by atoms with Gasteiger partial charge in [-0.05, 0) is 38.5 Å². The van der Waals surface area contributed by atoms with Crippen LogP contribution in [0, 0.1) is 5.92 Å². The lowest BCUT2D eigenvalue weighted by molar-refractivity contribution is -0.150. The van der Waals surface area contributed by atoms with Gasteiger partial charge in [-0.15, -0.1) is 0 Å². The second kappa shape index (κ2) is 10.9. The smallest absolute Gasteiger partial charge is 0.191 e. The van der Waals surface area contributed by atoms with Gasteiger partial charge in [0, 0.05) is 11.1 Å². The Labute approximate surface area is 154 Å². The molecule has 3 heteroatoms. The number of hydrogen-bond acceptors (Lipinski definition) is 3. The summed E-state index contributed by atoms with van der Waals surface area (Å²) >= 11 is 0. The molecule has 0 aromatic carbocycles. The van der Waals surface area contributed by atoms with E-state index >= 15 is 0 Å². The normalized spacial score (nSPS) is 24.3. The second-order valence-corrected chi connectivity index (χ2v) is 7.58. The molecule has 0 heterocycles. The van der Waals surface area contributed by atoms with E-state index in [0.29, 0.717) is 31.3 Å². The largest absolute Gasteiger partial charge is 0.381 e. The quantitative estimate of drug-likeness (QED) is 0.502. The van der Waals surface area contributed by atoms with Crippen molar-refractivity contribution in [2.24, 2.45) is 5.92 Å². The minimum atomic E-state index is -1.47. The molecule has 0 radical (unpaired) electrons. The van der Waals surface area contributed by atoms with Gasteiger partial charge < -0.3 is 5.11 Å². The maximum absolute atomic E-state index is 13.3. The first-order chi connectivity index (χ1) is 12.0. The summed E-state index contributed by atoms with van der Waals surface area (Å²) in [6.07, 6.45) is 9.72. The minimum Gasteiger partial charge on any atom is -0.381 e. The third kappa shape index (κ3) is 5.26. The molecule has 0 spiro atoms. The van der Waals surface area contributed by atoms with Gasteiger partial charge in [0.2, 0.25) is 0 Å². The highest BCUT2D eigenvalue weighted by molar-refractivity contribution is 6.16. The summed E-state index contributed by atoms with van der Waals surface area (Å²) in [5.74, 6) is -0.615. The van der Waals surface area contributed by atoms with Crippen LogP contribution in [0.25, 0.3) is 0 Å². The van der Waals surface area contributed by atoms with Crippen molar-refractivity contribution in [2.45, 2.75) is 110 Å². The molecule has 25 heavy (non-hydrogen) atoms. The van der Waals surface area contributed by atoms with Crippen LogP contribution in [0.5, 0.6) is 0 Å². The lowest BCUT2D eigenvalue weighted by Gasteiger charge is -2.40. The summed E-state index contributed by atoms with van der Waals surface area (Å²) in [5.41, 5.74) is -0.0876. The Morgan fingerprint density at radius 3 is 1.84 bits per heavy atom. The van der Waals surface area contributed by atoms with E-state index in [1.807, 2.05) is 0 Å². The van der Waals surface area contributed by atoms with E-state index in [9.17, 15) is 14.7 Å². The second-order valence-electron chi connectivity index (χ2n) is 7.58. The molecule has 2 atom stereocenters. The molecule has 0 aliphatic heterocycles. The van der Waals surface area contributed by atoms with E-state index in [0.717, 1.165) is 56.9 Å². The number of allylic oxidation sites excluding steroid dienone is 1. The number of Topliss-reactive ketones (excluding diaryl/α,β-unsaturated/α-hetero) is 2. The van der Waals surface area contributed by atoms with Gasteiger partial charge in [-0.1, -0.05) is 66.2 Å². The maximum atomic E-state index is 13.3. The average molecular weight is 351 g/mol. The van der Waals surface area contributed by atoms with Crippen molar-refractivity contribution >= 4 is 11.6 Å². The van der Waals surface area contributed by atoms with Crippen molar-refractivity contribution < 1.29 is 14.7 Å². The van der Waals surface area contributed by atoms with Crippen molar-refractivity contribution in [3.63, 3.8) is 0 Å². The lowest BCUT2D eigenvalue weighted by Crippen LogP contribution is -2.53. The standard InChI is InChI=1S/C22H38O3/c1-5-9-13-17-18(14-10-6-2)21(24)22(25,16-12-8-4)19(20(17)23)15-11-7-3/h19,25H,5-16H2,1-4H3. The van der Waals surface area contributed by atoms with Gasteiger partial charge in [-0.2, -0.15) is 0 Å². The molecule has 2 unspecified atom stereocenters. The number of ketones is 2. The molecule has 0 fully saturated rings. The number of carbonyl (C=O) groups excluding carboxylic acids is 2. The van der Waals surface area contributed by atoms with Gasteiger partial charge in [0.25, 0.3) is 0 Å². The fourth-order valence-electron chi connectivity index (χ4n) is 3.89. The summed E-state index contributed by atoms with van der Waals surface area (Å²) in [7, 11) is 0. The van der Waals surface area contributed by atoms with Crippen LogP contribution in [0.2, 0.25) is 0 Å². The molecule has 0 aromatic heterocycles. The van der Waals surface area contributed by atoms with E-state index in [1.165, 1.54) is 0 Å². The molecule has 1 aliphatic carbocycles. The first-order valence-electron chi connectivity index (χ1n) is 10.5. The summed E-state index contributed by atoms with van der Waals surface area (Å²) in [5, 5.41) is 11.3. The number of aliphatic hydroxyl groups is 1. The molecule has 0 amide bonds. The van der Waals surface area contributed by atoms with Crippen LogP contribution in [0.3, 0.4) is 0 Å². The van der Waals surface area contributed by atoms with Gasteiger partial charge in [-0.25, -0.2) is 0 Å². The fraction of sp³-hybridized carbons (Fsp3) is 0.818. The van der Waals surface area contributed by atoms with Gasteiger partial charge in [0.05, 0.1) is 5.92 Å². The van der Waals surface area contributed by atoms with E-state index in [4.69, 9.17) is 0 Å². The van der Waals surface area contributed by atoms with E-state index < -0.39 is 11.5 Å². The predicted octanol–water partition coefficient (Wildman–Crippen LogP) is 5.54. The van der Waals surface area contributed by atoms with Crippen molar-refractivity contribution in [1.29, 1.82) is 0 Å². The Bertz CT molecular complexity index is 478. The third-order valence-corrected chi connectivity index (χ3v) is 5.54. The third-order valence-electron chi connectivity index (χ3n) is 5.54. The molecule has 0 saturated carbocycles. The van der Waals surface area contributed by atoms with Crippen LogP contribution in [0.1, 0.15) is 105 Å². The average Bonchev–Trinajstić information content (AvgIpc) is 2.61. The Hall–Kier alpha value is -0.960. The van der Waals surface area contributed by atoms with Crippen LogP contribution in [0.4, 0.5) is 0 Å². The summed E-state index contributed by atoms with van der Waals surface area (Å²) in [6.45, 7) is 8.34. The number of hydrogen-bond donors (Lipinski definition) is 1. The van der Waals surface area contributed by atoms with Gasteiger partial charge in [-0.3, -0.25) is 9.59 Å². The topological polar surface area (TPSA) is 54.4 Å². The Morgan fingerprint density at radius 1 is 0.800 bits per heavy atom. The number of rotatable bonds is 12. The molecule has 1 rings (SSSR count). The molecule has 1 aliphatic rings. The zero-order chi connectivity index (χ0) is 18.9.